The van der Waals surface area contributed by atoms with Crippen molar-refractivity contribution in [2.45, 2.75) is 12.3 Å². The van der Waals surface area contributed by atoms with Crippen molar-refractivity contribution in [1.29, 1.82) is 0 Å². The molecule has 100 valence electrons. The van der Waals surface area contributed by atoms with Crippen molar-refractivity contribution < 1.29 is 4.39 Å². The molecule has 0 aliphatic heterocycles. The third-order valence-electron chi connectivity index (χ3n) is 2.98. The molecule has 0 nitrogen and oxygen atoms in total. The smallest absolute Gasteiger partial charge is 0.123 e. The molecule has 0 heterocycles. The van der Waals surface area contributed by atoms with E-state index in [1.165, 1.54) is 6.07 Å². The molecule has 0 aliphatic carbocycles. The largest absolute Gasteiger partial charge is 0.207 e. The van der Waals surface area contributed by atoms with Crippen LogP contribution in [0.2, 0.25) is 10.0 Å². The van der Waals surface area contributed by atoms with Gasteiger partial charge in [-0.05, 0) is 53.8 Å². The molecule has 0 N–H and O–H groups in total. The van der Waals surface area contributed by atoms with Crippen LogP contribution >= 0.6 is 39.1 Å². The number of rotatable bonds is 4. The Labute approximate surface area is 130 Å². The highest BCUT2D eigenvalue weighted by Crippen LogP contribution is 2.29. The Morgan fingerprint density at radius 2 is 1.89 bits per heavy atom. The molecular weight excluding hydrogens is 350 g/mol. The molecule has 19 heavy (non-hydrogen) atoms. The highest BCUT2D eigenvalue weighted by atomic mass is 79.9. The zero-order valence-electron chi connectivity index (χ0n) is 10.0. The molecule has 0 fully saturated rings. The van der Waals surface area contributed by atoms with Gasteiger partial charge in [0.15, 0.2) is 0 Å². The van der Waals surface area contributed by atoms with Gasteiger partial charge in [-0.1, -0.05) is 51.3 Å². The van der Waals surface area contributed by atoms with Crippen LogP contribution in [-0.4, -0.2) is 5.33 Å². The third kappa shape index (κ3) is 3.95. The molecule has 1 atom stereocenters. The maximum absolute atomic E-state index is 13.3. The lowest BCUT2D eigenvalue weighted by molar-refractivity contribution is 0.621. The van der Waals surface area contributed by atoms with Crippen LogP contribution in [-0.2, 0) is 6.42 Å². The highest BCUT2D eigenvalue weighted by Gasteiger charge is 2.14. The Hall–Kier alpha value is -0.570. The number of alkyl halides is 1. The molecule has 4 heteroatoms. The van der Waals surface area contributed by atoms with E-state index in [4.69, 9.17) is 23.2 Å². The SMILES string of the molecule is Fc1cccc(C(CBr)Cc2cc(Cl)ccc2Cl)c1. The third-order valence-corrected chi connectivity index (χ3v) is 4.37. The van der Waals surface area contributed by atoms with Gasteiger partial charge in [-0.15, -0.1) is 0 Å². The number of hydrogen-bond donors (Lipinski definition) is 0. The molecule has 2 aromatic carbocycles. The first kappa shape index (κ1) is 14.8. The summed E-state index contributed by atoms with van der Waals surface area (Å²) in [5.41, 5.74) is 1.93. The van der Waals surface area contributed by atoms with E-state index in [-0.39, 0.29) is 11.7 Å². The van der Waals surface area contributed by atoms with Crippen LogP contribution in [0.3, 0.4) is 0 Å². The lowest BCUT2D eigenvalue weighted by Gasteiger charge is -2.16. The fourth-order valence-electron chi connectivity index (χ4n) is 1.99. The molecule has 0 aromatic heterocycles. The number of halogens is 4. The molecule has 0 radical (unpaired) electrons. The van der Waals surface area contributed by atoms with Crippen molar-refractivity contribution in [3.05, 3.63) is 69.5 Å². The predicted octanol–water partition coefficient (Wildman–Crippen LogP) is 5.85. The molecule has 0 saturated heterocycles. The highest BCUT2D eigenvalue weighted by molar-refractivity contribution is 9.09. The van der Waals surface area contributed by atoms with Crippen LogP contribution in [0.15, 0.2) is 42.5 Å². The minimum absolute atomic E-state index is 0.159. The van der Waals surface area contributed by atoms with Gasteiger partial charge in [0, 0.05) is 15.4 Å². The van der Waals surface area contributed by atoms with E-state index in [9.17, 15) is 4.39 Å². The summed E-state index contributed by atoms with van der Waals surface area (Å²) in [7, 11) is 0. The average Bonchev–Trinajstić information content (AvgIpc) is 2.39. The lowest BCUT2D eigenvalue weighted by atomic mass is 9.93. The monoisotopic (exact) mass is 360 g/mol. The molecule has 0 saturated carbocycles. The predicted molar refractivity (Wildman–Crippen MR) is 83.1 cm³/mol. The van der Waals surface area contributed by atoms with E-state index >= 15 is 0 Å². The summed E-state index contributed by atoms with van der Waals surface area (Å²) in [6.07, 6.45) is 0.716. The van der Waals surface area contributed by atoms with Crippen LogP contribution in [0.1, 0.15) is 17.0 Å². The fourth-order valence-corrected chi connectivity index (χ4v) is 2.98. The maximum atomic E-state index is 13.3. The Balaban J connectivity index is 2.26. The minimum Gasteiger partial charge on any atom is -0.207 e. The molecular formula is C15H12BrCl2F. The quantitative estimate of drug-likeness (QED) is 0.599. The summed E-state index contributed by atoms with van der Waals surface area (Å²) >= 11 is 15.6. The average molecular weight is 362 g/mol. The summed E-state index contributed by atoms with van der Waals surface area (Å²) in [4.78, 5) is 0. The standard InChI is InChI=1S/C15H12BrCl2F/c16-9-12(10-2-1-3-14(19)8-10)6-11-7-13(17)4-5-15(11)18/h1-5,7-8,12H,6,9H2. The zero-order valence-corrected chi connectivity index (χ0v) is 13.1. The van der Waals surface area contributed by atoms with Crippen molar-refractivity contribution in [2.75, 3.05) is 5.33 Å². The van der Waals surface area contributed by atoms with Gasteiger partial charge in [0.25, 0.3) is 0 Å². The van der Waals surface area contributed by atoms with E-state index in [1.807, 2.05) is 12.1 Å². The van der Waals surface area contributed by atoms with Crippen LogP contribution in [0.4, 0.5) is 4.39 Å². The molecule has 2 aromatic rings. The van der Waals surface area contributed by atoms with Gasteiger partial charge in [-0.2, -0.15) is 0 Å². The van der Waals surface area contributed by atoms with Gasteiger partial charge in [0.2, 0.25) is 0 Å². The first-order valence-electron chi connectivity index (χ1n) is 5.85. The van der Waals surface area contributed by atoms with Crippen molar-refractivity contribution in [3.8, 4) is 0 Å². The summed E-state index contributed by atoms with van der Waals surface area (Å²) < 4.78 is 13.3. The second-order valence-electron chi connectivity index (χ2n) is 4.35. The van der Waals surface area contributed by atoms with Crippen molar-refractivity contribution in [1.82, 2.24) is 0 Å². The molecule has 1 unspecified atom stereocenters. The minimum atomic E-state index is -0.222. The number of hydrogen-bond acceptors (Lipinski definition) is 0. The molecule has 2 rings (SSSR count). The van der Waals surface area contributed by atoms with Crippen LogP contribution < -0.4 is 0 Å². The molecule has 0 spiro atoms. The Morgan fingerprint density at radius 1 is 1.11 bits per heavy atom. The van der Waals surface area contributed by atoms with Crippen LogP contribution in [0, 0.1) is 5.82 Å². The molecule has 0 bridgehead atoms. The fraction of sp³-hybridized carbons (Fsp3) is 0.200. The molecule has 0 aliphatic rings. The summed E-state index contributed by atoms with van der Waals surface area (Å²) in [6, 6.07) is 12.1. The summed E-state index contributed by atoms with van der Waals surface area (Å²) in [5.74, 6) is -0.0627. The number of benzene rings is 2. The Morgan fingerprint density at radius 3 is 2.58 bits per heavy atom. The van der Waals surface area contributed by atoms with E-state index in [1.54, 1.807) is 24.3 Å². The summed E-state index contributed by atoms with van der Waals surface area (Å²) in [6.45, 7) is 0. The van der Waals surface area contributed by atoms with E-state index in [0.29, 0.717) is 16.5 Å². The van der Waals surface area contributed by atoms with Gasteiger partial charge in [-0.3, -0.25) is 0 Å². The lowest BCUT2D eigenvalue weighted by Crippen LogP contribution is -2.05. The van der Waals surface area contributed by atoms with E-state index in [2.05, 4.69) is 15.9 Å². The second kappa shape index (κ2) is 6.74. The van der Waals surface area contributed by atoms with Gasteiger partial charge in [0.1, 0.15) is 5.82 Å². The van der Waals surface area contributed by atoms with Crippen LogP contribution in [0.5, 0.6) is 0 Å². The topological polar surface area (TPSA) is 0 Å². The van der Waals surface area contributed by atoms with Crippen molar-refractivity contribution >= 4 is 39.1 Å². The van der Waals surface area contributed by atoms with Gasteiger partial charge in [-0.25, -0.2) is 4.39 Å². The van der Waals surface area contributed by atoms with E-state index < -0.39 is 0 Å². The van der Waals surface area contributed by atoms with Crippen molar-refractivity contribution in [3.63, 3.8) is 0 Å². The van der Waals surface area contributed by atoms with Gasteiger partial charge >= 0.3 is 0 Å². The van der Waals surface area contributed by atoms with E-state index in [0.717, 1.165) is 16.5 Å². The first-order chi connectivity index (χ1) is 9.10. The van der Waals surface area contributed by atoms with Gasteiger partial charge < -0.3 is 0 Å². The second-order valence-corrected chi connectivity index (χ2v) is 5.84. The molecule has 0 amide bonds. The summed E-state index contributed by atoms with van der Waals surface area (Å²) in [5, 5.41) is 2.08. The Bertz CT molecular complexity index is 572. The normalized spacial score (nSPS) is 12.4. The first-order valence-corrected chi connectivity index (χ1v) is 7.73. The maximum Gasteiger partial charge on any atom is 0.123 e. The van der Waals surface area contributed by atoms with Crippen molar-refractivity contribution in [2.24, 2.45) is 0 Å². The van der Waals surface area contributed by atoms with Crippen LogP contribution in [0.25, 0.3) is 0 Å². The Kier molecular flexibility index (Phi) is 5.26. The zero-order chi connectivity index (χ0) is 13.8. The van der Waals surface area contributed by atoms with Gasteiger partial charge in [0.05, 0.1) is 0 Å².